The van der Waals surface area contributed by atoms with Gasteiger partial charge in [0.15, 0.2) is 28.6 Å². The molecule has 0 aliphatic heterocycles. The molecule has 0 spiro atoms. The Balaban J connectivity index is 1.78. The Hall–Kier alpha value is -3.48. The Morgan fingerprint density at radius 1 is 1.04 bits per heavy atom. The number of aryl methyl sites for hydroxylation is 1. The Morgan fingerprint density at radius 3 is 2.44 bits per heavy atom. The molecule has 0 saturated heterocycles. The number of furan rings is 1. The molecule has 1 N–H and O–H groups in total. The first-order valence-corrected chi connectivity index (χ1v) is 8.20. The Kier molecular flexibility index (Phi) is 5.30. The number of ether oxygens (including phenoxy) is 3. The van der Waals surface area contributed by atoms with Crippen LogP contribution < -0.4 is 19.6 Å². The predicted molar refractivity (Wildman–Crippen MR) is 102 cm³/mol. The van der Waals surface area contributed by atoms with Gasteiger partial charge in [0.1, 0.15) is 0 Å². The average Bonchev–Trinajstić information content (AvgIpc) is 3.13. The van der Waals surface area contributed by atoms with Gasteiger partial charge in [-0.15, -0.1) is 0 Å². The summed E-state index contributed by atoms with van der Waals surface area (Å²) in [5.74, 6) is 1.47. The second kappa shape index (κ2) is 7.82. The zero-order chi connectivity index (χ0) is 19.4. The molecule has 0 bridgehead atoms. The zero-order valence-corrected chi connectivity index (χ0v) is 15.5. The molecule has 3 rings (SSSR count). The molecule has 0 unspecified atom stereocenters. The lowest BCUT2D eigenvalue weighted by molar-refractivity contribution is 0.0929. The van der Waals surface area contributed by atoms with Crippen LogP contribution in [0.2, 0.25) is 0 Å². The number of benzene rings is 2. The highest BCUT2D eigenvalue weighted by atomic mass is 16.5. The summed E-state index contributed by atoms with van der Waals surface area (Å²) in [6.07, 6.45) is 1.54. The van der Waals surface area contributed by atoms with Crippen LogP contribution in [0.1, 0.15) is 21.7 Å². The smallest absolute Gasteiger partial charge is 0.307 e. The summed E-state index contributed by atoms with van der Waals surface area (Å²) in [7, 11) is 4.69. The first-order valence-electron chi connectivity index (χ1n) is 8.20. The quantitative estimate of drug-likeness (QED) is 0.532. The van der Waals surface area contributed by atoms with E-state index >= 15 is 0 Å². The van der Waals surface area contributed by atoms with Gasteiger partial charge in [-0.1, -0.05) is 12.1 Å². The van der Waals surface area contributed by atoms with Gasteiger partial charge in [-0.05, 0) is 36.8 Å². The molecule has 0 atom stereocenters. The van der Waals surface area contributed by atoms with Crippen molar-refractivity contribution in [3.8, 4) is 17.2 Å². The van der Waals surface area contributed by atoms with Gasteiger partial charge in [-0.25, -0.2) is 5.43 Å². The number of hydrogen-bond acceptors (Lipinski definition) is 6. The van der Waals surface area contributed by atoms with E-state index in [1.165, 1.54) is 0 Å². The monoisotopic (exact) mass is 368 g/mol. The number of carbonyl (C=O) groups is 1. The van der Waals surface area contributed by atoms with Gasteiger partial charge in [0.2, 0.25) is 0 Å². The Labute approximate surface area is 156 Å². The van der Waals surface area contributed by atoms with Crippen LogP contribution in [0.25, 0.3) is 11.0 Å². The van der Waals surface area contributed by atoms with Crippen LogP contribution in [0.5, 0.6) is 17.2 Å². The number of hydrazone groups is 1. The SMILES string of the molecule is COc1cc(C)c(/C=N\NC(=O)c2cc3cccc(OC)c3o2)cc1OC. The molecule has 3 aromatic rings. The number of rotatable bonds is 6. The lowest BCUT2D eigenvalue weighted by Gasteiger charge is -2.10. The van der Waals surface area contributed by atoms with Crippen molar-refractivity contribution in [2.75, 3.05) is 21.3 Å². The van der Waals surface area contributed by atoms with Crippen molar-refractivity contribution in [3.63, 3.8) is 0 Å². The number of hydrogen-bond donors (Lipinski definition) is 1. The average molecular weight is 368 g/mol. The van der Waals surface area contributed by atoms with Crippen LogP contribution in [0.15, 0.2) is 45.9 Å². The summed E-state index contributed by atoms with van der Waals surface area (Å²) < 4.78 is 21.4. The number of nitrogens with one attached hydrogen (secondary N) is 1. The third kappa shape index (κ3) is 3.72. The van der Waals surface area contributed by atoms with E-state index in [9.17, 15) is 4.79 Å². The van der Waals surface area contributed by atoms with Crippen LogP contribution in [0.4, 0.5) is 0 Å². The molecule has 27 heavy (non-hydrogen) atoms. The maximum atomic E-state index is 12.3. The van der Waals surface area contributed by atoms with Crippen molar-refractivity contribution in [1.82, 2.24) is 5.43 Å². The molecule has 1 amide bonds. The zero-order valence-electron chi connectivity index (χ0n) is 15.5. The Morgan fingerprint density at radius 2 is 1.74 bits per heavy atom. The highest BCUT2D eigenvalue weighted by Crippen LogP contribution is 2.30. The van der Waals surface area contributed by atoms with Crippen molar-refractivity contribution in [2.45, 2.75) is 6.92 Å². The van der Waals surface area contributed by atoms with Crippen molar-refractivity contribution >= 4 is 23.1 Å². The van der Waals surface area contributed by atoms with Gasteiger partial charge < -0.3 is 18.6 Å². The Bertz CT molecular complexity index is 1010. The lowest BCUT2D eigenvalue weighted by atomic mass is 10.1. The van der Waals surface area contributed by atoms with E-state index in [1.54, 1.807) is 45.7 Å². The van der Waals surface area contributed by atoms with Crippen LogP contribution in [0, 0.1) is 6.92 Å². The van der Waals surface area contributed by atoms with E-state index < -0.39 is 5.91 Å². The number of amides is 1. The molecule has 1 aromatic heterocycles. The van der Waals surface area contributed by atoms with Crippen molar-refractivity contribution in [3.05, 3.63) is 53.3 Å². The number of nitrogens with zero attached hydrogens (tertiary/aromatic N) is 1. The van der Waals surface area contributed by atoms with E-state index in [0.29, 0.717) is 22.8 Å². The maximum absolute atomic E-state index is 12.3. The summed E-state index contributed by atoms with van der Waals surface area (Å²) in [5, 5.41) is 4.79. The number of para-hydroxylation sites is 1. The van der Waals surface area contributed by atoms with Gasteiger partial charge >= 0.3 is 5.91 Å². The van der Waals surface area contributed by atoms with Gasteiger partial charge in [0, 0.05) is 10.9 Å². The van der Waals surface area contributed by atoms with E-state index in [1.807, 2.05) is 25.1 Å². The van der Waals surface area contributed by atoms with Crippen molar-refractivity contribution in [1.29, 1.82) is 0 Å². The van der Waals surface area contributed by atoms with Crippen LogP contribution >= 0.6 is 0 Å². The van der Waals surface area contributed by atoms with E-state index in [0.717, 1.165) is 16.5 Å². The van der Waals surface area contributed by atoms with Gasteiger partial charge in [0.25, 0.3) is 0 Å². The first kappa shape index (κ1) is 18.3. The fourth-order valence-corrected chi connectivity index (χ4v) is 2.66. The standard InChI is InChI=1S/C20H20N2O5/c1-12-8-16(25-3)17(26-4)10-14(12)11-21-22-20(23)18-9-13-6-5-7-15(24-2)19(13)27-18/h5-11H,1-4H3,(H,22,23)/b21-11-. The summed E-state index contributed by atoms with van der Waals surface area (Å²) in [4.78, 5) is 12.3. The third-order valence-corrected chi connectivity index (χ3v) is 4.09. The fourth-order valence-electron chi connectivity index (χ4n) is 2.66. The van der Waals surface area contributed by atoms with E-state index in [4.69, 9.17) is 18.6 Å². The van der Waals surface area contributed by atoms with Crippen molar-refractivity contribution in [2.24, 2.45) is 5.10 Å². The molecule has 0 aliphatic carbocycles. The summed E-state index contributed by atoms with van der Waals surface area (Å²) in [6, 6.07) is 10.7. The molecule has 1 heterocycles. The molecule has 2 aromatic carbocycles. The summed E-state index contributed by atoms with van der Waals surface area (Å²) in [5.41, 5.74) is 4.70. The molecule has 0 fully saturated rings. The molecule has 0 radical (unpaired) electrons. The fraction of sp³-hybridized carbons (Fsp3) is 0.200. The van der Waals surface area contributed by atoms with Crippen LogP contribution in [0.3, 0.4) is 0 Å². The molecule has 7 nitrogen and oxygen atoms in total. The molecule has 0 aliphatic rings. The van der Waals surface area contributed by atoms with Gasteiger partial charge in [0.05, 0.1) is 27.5 Å². The summed E-state index contributed by atoms with van der Waals surface area (Å²) in [6.45, 7) is 1.91. The molecule has 0 saturated carbocycles. The predicted octanol–water partition coefficient (Wildman–Crippen LogP) is 3.53. The maximum Gasteiger partial charge on any atom is 0.307 e. The molecule has 140 valence electrons. The minimum absolute atomic E-state index is 0.149. The highest BCUT2D eigenvalue weighted by Gasteiger charge is 2.14. The van der Waals surface area contributed by atoms with Gasteiger partial charge in [-0.2, -0.15) is 5.10 Å². The lowest BCUT2D eigenvalue weighted by Crippen LogP contribution is -2.16. The van der Waals surface area contributed by atoms with Crippen molar-refractivity contribution < 1.29 is 23.4 Å². The minimum Gasteiger partial charge on any atom is -0.493 e. The second-order valence-electron chi connectivity index (χ2n) is 5.75. The number of fused-ring (bicyclic) bond motifs is 1. The largest absolute Gasteiger partial charge is 0.493 e. The van der Waals surface area contributed by atoms with E-state index in [-0.39, 0.29) is 5.76 Å². The van der Waals surface area contributed by atoms with Crippen LogP contribution in [-0.4, -0.2) is 33.5 Å². The van der Waals surface area contributed by atoms with Crippen LogP contribution in [-0.2, 0) is 0 Å². The highest BCUT2D eigenvalue weighted by molar-refractivity contribution is 5.97. The number of carbonyl (C=O) groups excluding carboxylic acids is 1. The normalized spacial score (nSPS) is 11.0. The topological polar surface area (TPSA) is 82.3 Å². The summed E-state index contributed by atoms with van der Waals surface area (Å²) >= 11 is 0. The molecular weight excluding hydrogens is 348 g/mol. The second-order valence-corrected chi connectivity index (χ2v) is 5.75. The van der Waals surface area contributed by atoms with E-state index in [2.05, 4.69) is 10.5 Å². The molecule has 7 heteroatoms. The minimum atomic E-state index is -0.456. The third-order valence-electron chi connectivity index (χ3n) is 4.09. The first-order chi connectivity index (χ1) is 13.1. The van der Waals surface area contributed by atoms with Gasteiger partial charge in [-0.3, -0.25) is 4.79 Å². The molecular formula is C20H20N2O5. The number of methoxy groups -OCH3 is 3.